The van der Waals surface area contributed by atoms with Crippen LogP contribution in [0.15, 0.2) is 55.0 Å². The van der Waals surface area contributed by atoms with E-state index in [-0.39, 0.29) is 11.9 Å². The van der Waals surface area contributed by atoms with Gasteiger partial charge in [0.15, 0.2) is 5.69 Å². The number of hydrogen-bond donors (Lipinski definition) is 0. The second-order valence-corrected chi connectivity index (χ2v) is 6.08. The van der Waals surface area contributed by atoms with E-state index in [4.69, 9.17) is 9.47 Å². The number of aromatic nitrogens is 4. The van der Waals surface area contributed by atoms with Crippen molar-refractivity contribution in [2.45, 2.75) is 12.5 Å². The maximum absolute atomic E-state index is 13.2. The molecule has 0 spiro atoms. The fourth-order valence-corrected chi connectivity index (χ4v) is 3.01. The lowest BCUT2D eigenvalue weighted by Crippen LogP contribution is -2.41. The minimum absolute atomic E-state index is 0.0554. The summed E-state index contributed by atoms with van der Waals surface area (Å²) in [7, 11) is 1.56. The molecule has 8 heteroatoms. The monoisotopic (exact) mass is 365 g/mol. The second-order valence-electron chi connectivity index (χ2n) is 6.08. The van der Waals surface area contributed by atoms with Crippen LogP contribution >= 0.6 is 0 Å². The van der Waals surface area contributed by atoms with Gasteiger partial charge in [0.2, 0.25) is 5.88 Å². The van der Waals surface area contributed by atoms with Crippen LogP contribution in [0.25, 0.3) is 5.69 Å². The van der Waals surface area contributed by atoms with E-state index in [1.54, 1.807) is 47.4 Å². The van der Waals surface area contributed by atoms with E-state index in [2.05, 4.69) is 15.1 Å². The smallest absolute Gasteiger partial charge is 0.280 e. The normalized spacial score (nSPS) is 16.3. The standard InChI is InChI=1S/C19H19N5O3/c1-26-18-6-5-14(12-21-18)23-10-7-16(22-23)19(25)24(15-8-11-27-13-15)17-4-2-3-9-20-17/h2-7,9-10,12,15H,8,11,13H2,1H3/t15-/m1/s1. The van der Waals surface area contributed by atoms with Gasteiger partial charge in [-0.25, -0.2) is 14.6 Å². The van der Waals surface area contributed by atoms with Crippen LogP contribution in [0.3, 0.4) is 0 Å². The molecule has 0 radical (unpaired) electrons. The first kappa shape index (κ1) is 17.2. The first-order valence-corrected chi connectivity index (χ1v) is 8.64. The molecule has 0 unspecified atom stereocenters. The molecule has 4 rings (SSSR count). The molecule has 3 aromatic heterocycles. The Morgan fingerprint density at radius 2 is 2.19 bits per heavy atom. The summed E-state index contributed by atoms with van der Waals surface area (Å²) in [4.78, 5) is 23.4. The van der Waals surface area contributed by atoms with Crippen LogP contribution in [-0.4, -0.2) is 52.0 Å². The van der Waals surface area contributed by atoms with Gasteiger partial charge in [-0.05, 0) is 30.7 Å². The molecule has 0 bridgehead atoms. The zero-order valence-corrected chi connectivity index (χ0v) is 14.9. The fourth-order valence-electron chi connectivity index (χ4n) is 3.01. The molecule has 0 aliphatic carbocycles. The van der Waals surface area contributed by atoms with E-state index in [0.29, 0.717) is 30.6 Å². The fraction of sp³-hybridized carbons (Fsp3) is 0.263. The molecule has 0 aromatic carbocycles. The van der Waals surface area contributed by atoms with Crippen molar-refractivity contribution < 1.29 is 14.3 Å². The van der Waals surface area contributed by atoms with Crippen molar-refractivity contribution in [2.75, 3.05) is 25.2 Å². The average molecular weight is 365 g/mol. The van der Waals surface area contributed by atoms with Crippen LogP contribution in [0.2, 0.25) is 0 Å². The zero-order valence-electron chi connectivity index (χ0n) is 14.9. The first-order chi connectivity index (χ1) is 13.3. The van der Waals surface area contributed by atoms with Crippen molar-refractivity contribution in [1.82, 2.24) is 19.7 Å². The van der Waals surface area contributed by atoms with Crippen molar-refractivity contribution in [3.63, 3.8) is 0 Å². The highest BCUT2D eigenvalue weighted by atomic mass is 16.5. The SMILES string of the molecule is COc1ccc(-n2ccc(C(=O)N(c3ccccn3)[C@@H]3CCOC3)n2)cn1. The second kappa shape index (κ2) is 7.55. The Kier molecular flexibility index (Phi) is 4.80. The Hall–Kier alpha value is -3.26. The zero-order chi connectivity index (χ0) is 18.6. The summed E-state index contributed by atoms with van der Waals surface area (Å²) in [6.07, 6.45) is 5.82. The maximum Gasteiger partial charge on any atom is 0.280 e. The Morgan fingerprint density at radius 1 is 1.26 bits per heavy atom. The van der Waals surface area contributed by atoms with Gasteiger partial charge in [-0.3, -0.25) is 9.69 Å². The molecule has 1 amide bonds. The van der Waals surface area contributed by atoms with E-state index in [1.165, 1.54) is 0 Å². The number of ether oxygens (including phenoxy) is 2. The number of methoxy groups -OCH3 is 1. The highest BCUT2D eigenvalue weighted by Gasteiger charge is 2.31. The molecule has 8 nitrogen and oxygen atoms in total. The number of carbonyl (C=O) groups excluding carboxylic acids is 1. The average Bonchev–Trinajstić information content (AvgIpc) is 3.41. The third-order valence-corrected chi connectivity index (χ3v) is 4.39. The van der Waals surface area contributed by atoms with Gasteiger partial charge >= 0.3 is 0 Å². The number of rotatable bonds is 5. The van der Waals surface area contributed by atoms with Gasteiger partial charge in [-0.15, -0.1) is 0 Å². The highest BCUT2D eigenvalue weighted by molar-refractivity contribution is 6.04. The van der Waals surface area contributed by atoms with Crippen molar-refractivity contribution in [2.24, 2.45) is 0 Å². The van der Waals surface area contributed by atoms with E-state index in [9.17, 15) is 4.79 Å². The third kappa shape index (κ3) is 3.52. The lowest BCUT2D eigenvalue weighted by molar-refractivity contribution is 0.0965. The minimum Gasteiger partial charge on any atom is -0.481 e. The summed E-state index contributed by atoms with van der Waals surface area (Å²) in [5, 5.41) is 4.43. The molecule has 138 valence electrons. The number of hydrogen-bond acceptors (Lipinski definition) is 6. The van der Waals surface area contributed by atoms with Gasteiger partial charge < -0.3 is 9.47 Å². The van der Waals surface area contributed by atoms with Crippen molar-refractivity contribution in [3.05, 3.63) is 60.7 Å². The van der Waals surface area contributed by atoms with Crippen LogP contribution < -0.4 is 9.64 Å². The molecular weight excluding hydrogens is 346 g/mol. The van der Waals surface area contributed by atoms with Crippen molar-refractivity contribution in [1.29, 1.82) is 0 Å². The summed E-state index contributed by atoms with van der Waals surface area (Å²) in [6.45, 7) is 1.12. The van der Waals surface area contributed by atoms with Crippen molar-refractivity contribution >= 4 is 11.7 Å². The largest absolute Gasteiger partial charge is 0.481 e. The minimum atomic E-state index is -0.204. The summed E-state index contributed by atoms with van der Waals surface area (Å²) >= 11 is 0. The number of nitrogens with zero attached hydrogens (tertiary/aromatic N) is 5. The van der Waals surface area contributed by atoms with Crippen LogP contribution in [0, 0.1) is 0 Å². The van der Waals surface area contributed by atoms with E-state index >= 15 is 0 Å². The molecule has 1 aliphatic rings. The predicted molar refractivity (Wildman–Crippen MR) is 98.2 cm³/mol. The predicted octanol–water partition coefficient (Wildman–Crippen LogP) is 2.11. The van der Waals surface area contributed by atoms with Gasteiger partial charge in [0.25, 0.3) is 5.91 Å². The molecule has 1 saturated heterocycles. The van der Waals surface area contributed by atoms with Crippen LogP contribution in [0.4, 0.5) is 5.82 Å². The van der Waals surface area contributed by atoms with E-state index in [1.807, 2.05) is 24.3 Å². The highest BCUT2D eigenvalue weighted by Crippen LogP contribution is 2.22. The van der Waals surface area contributed by atoms with Gasteiger partial charge in [-0.2, -0.15) is 5.10 Å². The van der Waals surface area contributed by atoms with Crippen LogP contribution in [-0.2, 0) is 4.74 Å². The molecule has 1 atom stereocenters. The Labute approximate surface area is 156 Å². The Bertz CT molecular complexity index is 905. The topological polar surface area (TPSA) is 82.4 Å². The molecule has 0 N–H and O–H groups in total. The summed E-state index contributed by atoms with van der Waals surface area (Å²) < 4.78 is 12.2. The summed E-state index contributed by atoms with van der Waals surface area (Å²) in [6, 6.07) is 10.7. The van der Waals surface area contributed by atoms with Gasteiger partial charge in [-0.1, -0.05) is 6.07 Å². The van der Waals surface area contributed by atoms with E-state index in [0.717, 1.165) is 12.1 Å². The molecule has 27 heavy (non-hydrogen) atoms. The Morgan fingerprint density at radius 3 is 2.85 bits per heavy atom. The number of carbonyl (C=O) groups is 1. The number of anilines is 1. The third-order valence-electron chi connectivity index (χ3n) is 4.39. The summed E-state index contributed by atoms with van der Waals surface area (Å²) in [5.41, 5.74) is 1.08. The van der Waals surface area contributed by atoms with Gasteiger partial charge in [0.1, 0.15) is 5.82 Å². The lowest BCUT2D eigenvalue weighted by atomic mass is 10.2. The quantitative estimate of drug-likeness (QED) is 0.689. The van der Waals surface area contributed by atoms with Gasteiger partial charge in [0, 0.05) is 25.1 Å². The maximum atomic E-state index is 13.2. The molecular formula is C19H19N5O3. The first-order valence-electron chi connectivity index (χ1n) is 8.64. The summed E-state index contributed by atoms with van der Waals surface area (Å²) in [5.74, 6) is 0.910. The Balaban J connectivity index is 1.62. The number of pyridine rings is 2. The molecule has 1 aliphatic heterocycles. The molecule has 4 heterocycles. The van der Waals surface area contributed by atoms with Crippen molar-refractivity contribution in [3.8, 4) is 11.6 Å². The molecule has 3 aromatic rings. The number of amides is 1. The molecule has 0 saturated carbocycles. The van der Waals surface area contributed by atoms with Crippen LogP contribution in [0.5, 0.6) is 5.88 Å². The van der Waals surface area contributed by atoms with Crippen LogP contribution in [0.1, 0.15) is 16.9 Å². The van der Waals surface area contributed by atoms with E-state index < -0.39 is 0 Å². The lowest BCUT2D eigenvalue weighted by Gasteiger charge is -2.26. The molecule has 1 fully saturated rings. The van der Waals surface area contributed by atoms with Gasteiger partial charge in [0.05, 0.1) is 31.6 Å².